The van der Waals surface area contributed by atoms with Crippen molar-refractivity contribution >= 4 is 32.3 Å². The Labute approximate surface area is 332 Å². The van der Waals surface area contributed by atoms with Crippen LogP contribution < -0.4 is 0 Å². The van der Waals surface area contributed by atoms with Gasteiger partial charge in [0.2, 0.25) is 0 Å². The molecule has 57 heavy (non-hydrogen) atoms. The van der Waals surface area contributed by atoms with Crippen molar-refractivity contribution in [1.29, 1.82) is 0 Å². The van der Waals surface area contributed by atoms with Crippen LogP contribution in [0.25, 0.3) is 99.6 Å². The molecule has 0 fully saturated rings. The number of hydrogen-bond donors (Lipinski definition) is 0. The van der Waals surface area contributed by atoms with Gasteiger partial charge in [0.15, 0.2) is 5.82 Å². The Balaban J connectivity index is 1.01. The lowest BCUT2D eigenvalue weighted by Crippen LogP contribution is -2.14. The second kappa shape index (κ2) is 13.0. The van der Waals surface area contributed by atoms with Crippen molar-refractivity contribution < 1.29 is 0 Å². The number of hydrogen-bond acceptors (Lipinski definition) is 2. The quantitative estimate of drug-likeness (QED) is 0.130. The maximum Gasteiger partial charge on any atom is 0.160 e. The number of benzene rings is 9. The summed E-state index contributed by atoms with van der Waals surface area (Å²) in [4.78, 5) is 10.3. The van der Waals surface area contributed by atoms with E-state index in [0.717, 1.165) is 28.1 Å². The molecule has 2 nitrogen and oxygen atoms in total. The van der Waals surface area contributed by atoms with Crippen LogP contribution in [0.1, 0.15) is 25.0 Å². The lowest BCUT2D eigenvalue weighted by molar-refractivity contribution is 0.660. The molecule has 1 aliphatic rings. The maximum atomic E-state index is 5.16. The molecule has 0 spiro atoms. The fourth-order valence-corrected chi connectivity index (χ4v) is 9.21. The topological polar surface area (TPSA) is 25.8 Å². The van der Waals surface area contributed by atoms with Crippen LogP contribution in [0.5, 0.6) is 0 Å². The summed E-state index contributed by atoms with van der Waals surface area (Å²) in [7, 11) is 0. The number of fused-ring (bicyclic) bond motifs is 7. The van der Waals surface area contributed by atoms with E-state index < -0.39 is 0 Å². The first-order chi connectivity index (χ1) is 28.0. The van der Waals surface area contributed by atoms with Crippen molar-refractivity contribution in [3.05, 3.63) is 205 Å². The Kier molecular flexibility index (Phi) is 7.55. The third kappa shape index (κ3) is 5.40. The monoisotopic (exact) mass is 726 g/mol. The molecule has 0 saturated carbocycles. The van der Waals surface area contributed by atoms with E-state index in [1.165, 1.54) is 76.8 Å². The predicted octanol–water partition coefficient (Wildman–Crippen LogP) is 14.6. The van der Waals surface area contributed by atoms with Gasteiger partial charge in [-0.1, -0.05) is 196 Å². The SMILES string of the molecule is CC1(C)c2ccccc2-c2c(-c3ccc(-c4cc(-c5ccc(-c6c7ccccc7cc7c6ccc6ccccc67)cc5)nc(-c5ccccc5)n4)cc3)cccc21. The highest BCUT2D eigenvalue weighted by atomic mass is 14.9. The largest absolute Gasteiger partial charge is 0.228 e. The lowest BCUT2D eigenvalue weighted by atomic mass is 9.82. The highest BCUT2D eigenvalue weighted by Crippen LogP contribution is 2.52. The van der Waals surface area contributed by atoms with Crippen LogP contribution in [-0.2, 0) is 5.41 Å². The molecule has 268 valence electrons. The number of aromatic nitrogens is 2. The van der Waals surface area contributed by atoms with Crippen LogP contribution in [-0.4, -0.2) is 9.97 Å². The Morgan fingerprint density at radius 2 is 0.912 bits per heavy atom. The standard InChI is InChI=1S/C55H38N2/c1-55(2)48-21-11-10-19-46(48)53-43(20-12-22-49(53)55)36-23-25-37(26-24-36)50-34-51(57-54(56-50)40-14-4-3-5-15-40)38-27-29-39(30-28-38)52-44-18-9-7-16-41(44)33-47-42-17-8-6-13-35(42)31-32-45(47)52/h3-34H,1-2H3. The van der Waals surface area contributed by atoms with E-state index in [-0.39, 0.29) is 5.41 Å². The summed E-state index contributed by atoms with van der Waals surface area (Å²) in [6.07, 6.45) is 0. The van der Waals surface area contributed by atoms with E-state index >= 15 is 0 Å². The summed E-state index contributed by atoms with van der Waals surface area (Å²) in [5.74, 6) is 0.711. The molecule has 1 aromatic heterocycles. The van der Waals surface area contributed by atoms with Gasteiger partial charge in [0.05, 0.1) is 11.4 Å². The van der Waals surface area contributed by atoms with E-state index in [4.69, 9.17) is 9.97 Å². The molecule has 2 heteroatoms. The first-order valence-electron chi connectivity index (χ1n) is 19.7. The van der Waals surface area contributed by atoms with Gasteiger partial charge in [0, 0.05) is 22.1 Å². The van der Waals surface area contributed by atoms with Gasteiger partial charge in [-0.2, -0.15) is 0 Å². The van der Waals surface area contributed by atoms with Gasteiger partial charge in [-0.05, 0) is 89.0 Å². The van der Waals surface area contributed by atoms with Crippen LogP contribution in [0.4, 0.5) is 0 Å². The second-order valence-electron chi connectivity index (χ2n) is 15.7. The Bertz CT molecular complexity index is 3180. The van der Waals surface area contributed by atoms with Gasteiger partial charge < -0.3 is 0 Å². The first-order valence-corrected chi connectivity index (χ1v) is 19.7. The van der Waals surface area contributed by atoms with E-state index in [1.54, 1.807) is 0 Å². The van der Waals surface area contributed by atoms with Gasteiger partial charge in [-0.3, -0.25) is 0 Å². The average Bonchev–Trinajstić information content (AvgIpc) is 3.51. The molecule has 0 atom stereocenters. The van der Waals surface area contributed by atoms with Gasteiger partial charge in [0.25, 0.3) is 0 Å². The molecule has 0 bridgehead atoms. The summed E-state index contributed by atoms with van der Waals surface area (Å²) in [6, 6.07) is 70.2. The van der Waals surface area contributed by atoms with Crippen LogP contribution >= 0.6 is 0 Å². The number of rotatable bonds is 5. The highest BCUT2D eigenvalue weighted by molar-refractivity contribution is 6.20. The minimum Gasteiger partial charge on any atom is -0.228 e. The lowest BCUT2D eigenvalue weighted by Gasteiger charge is -2.21. The summed E-state index contributed by atoms with van der Waals surface area (Å²) >= 11 is 0. The van der Waals surface area contributed by atoms with Crippen LogP contribution in [0.2, 0.25) is 0 Å². The molecule has 0 N–H and O–H groups in total. The molecule has 11 rings (SSSR count). The second-order valence-corrected chi connectivity index (χ2v) is 15.7. The van der Waals surface area contributed by atoms with Crippen LogP contribution in [0.15, 0.2) is 194 Å². The molecular formula is C55H38N2. The number of nitrogens with zero attached hydrogens (tertiary/aromatic N) is 2. The molecule has 10 aromatic rings. The normalized spacial score (nSPS) is 12.9. The van der Waals surface area contributed by atoms with Gasteiger partial charge in [0.1, 0.15) is 0 Å². The first kappa shape index (κ1) is 33.2. The Morgan fingerprint density at radius 1 is 0.333 bits per heavy atom. The van der Waals surface area contributed by atoms with Crippen molar-refractivity contribution in [2.45, 2.75) is 19.3 Å². The highest BCUT2D eigenvalue weighted by Gasteiger charge is 2.36. The minimum atomic E-state index is -0.0388. The molecular weight excluding hydrogens is 689 g/mol. The Morgan fingerprint density at radius 3 is 1.67 bits per heavy atom. The third-order valence-electron chi connectivity index (χ3n) is 12.1. The van der Waals surface area contributed by atoms with E-state index in [0.29, 0.717) is 5.82 Å². The molecule has 0 unspecified atom stereocenters. The van der Waals surface area contributed by atoms with Crippen molar-refractivity contribution in [3.63, 3.8) is 0 Å². The molecule has 0 saturated heterocycles. The summed E-state index contributed by atoms with van der Waals surface area (Å²) in [5, 5.41) is 7.55. The van der Waals surface area contributed by atoms with E-state index in [9.17, 15) is 0 Å². The van der Waals surface area contributed by atoms with Crippen LogP contribution in [0, 0.1) is 0 Å². The molecule has 0 aliphatic heterocycles. The molecule has 0 amide bonds. The van der Waals surface area contributed by atoms with Crippen LogP contribution in [0.3, 0.4) is 0 Å². The Hall–Kier alpha value is -7.16. The zero-order chi connectivity index (χ0) is 38.1. The van der Waals surface area contributed by atoms with Gasteiger partial charge in [-0.15, -0.1) is 0 Å². The maximum absolute atomic E-state index is 5.16. The van der Waals surface area contributed by atoms with Crippen molar-refractivity contribution in [2.75, 3.05) is 0 Å². The molecule has 1 aliphatic carbocycles. The minimum absolute atomic E-state index is 0.0388. The smallest absolute Gasteiger partial charge is 0.160 e. The van der Waals surface area contributed by atoms with Crippen molar-refractivity contribution in [1.82, 2.24) is 9.97 Å². The molecule has 1 heterocycles. The van der Waals surface area contributed by atoms with Crippen molar-refractivity contribution in [3.8, 4) is 67.3 Å². The van der Waals surface area contributed by atoms with Crippen molar-refractivity contribution in [2.24, 2.45) is 0 Å². The van der Waals surface area contributed by atoms with Gasteiger partial charge in [-0.25, -0.2) is 9.97 Å². The fourth-order valence-electron chi connectivity index (χ4n) is 9.21. The van der Waals surface area contributed by atoms with E-state index in [2.05, 4.69) is 190 Å². The zero-order valence-corrected chi connectivity index (χ0v) is 31.9. The predicted molar refractivity (Wildman–Crippen MR) is 239 cm³/mol. The van der Waals surface area contributed by atoms with E-state index in [1.807, 2.05) is 18.2 Å². The molecule has 0 radical (unpaired) electrons. The summed E-state index contributed by atoms with van der Waals surface area (Å²) in [5.41, 5.74) is 15.2. The summed E-state index contributed by atoms with van der Waals surface area (Å²) < 4.78 is 0. The average molecular weight is 727 g/mol. The fraction of sp³-hybridized carbons (Fsp3) is 0.0545. The molecule has 9 aromatic carbocycles. The van der Waals surface area contributed by atoms with Gasteiger partial charge >= 0.3 is 0 Å². The zero-order valence-electron chi connectivity index (χ0n) is 31.9. The third-order valence-corrected chi connectivity index (χ3v) is 12.1. The summed E-state index contributed by atoms with van der Waals surface area (Å²) in [6.45, 7) is 4.67.